The Morgan fingerprint density at radius 1 is 1.00 bits per heavy atom. The number of β-amino-alcohol motifs (C(OH)–C–C–N with tert-alkyl or cyclic N) is 1. The molecule has 1 aromatic carbocycles. The molecule has 2 aliphatic heterocycles. The topological polar surface area (TPSA) is 35.9 Å². The highest BCUT2D eigenvalue weighted by Crippen LogP contribution is 2.45. The number of alkyl halides is 2. The summed E-state index contributed by atoms with van der Waals surface area (Å²) in [5.74, 6) is -1.89. The molecule has 3 aliphatic rings. The zero-order chi connectivity index (χ0) is 20.3. The largest absolute Gasteiger partial charge is 0.491 e. The molecule has 0 radical (unpaired) electrons. The second kappa shape index (κ2) is 8.86. The molecule has 162 valence electrons. The zero-order valence-electron chi connectivity index (χ0n) is 17.3. The molecule has 4 nitrogen and oxygen atoms in total. The number of hydrogen-bond acceptors (Lipinski definition) is 4. The van der Waals surface area contributed by atoms with Crippen molar-refractivity contribution < 1.29 is 18.6 Å². The van der Waals surface area contributed by atoms with Crippen molar-refractivity contribution in [1.29, 1.82) is 0 Å². The van der Waals surface area contributed by atoms with E-state index in [9.17, 15) is 13.9 Å². The van der Waals surface area contributed by atoms with Gasteiger partial charge in [0, 0.05) is 26.1 Å². The van der Waals surface area contributed by atoms with Crippen molar-refractivity contribution in [2.24, 2.45) is 5.41 Å². The number of aliphatic hydroxyl groups is 1. The maximum atomic E-state index is 13.6. The van der Waals surface area contributed by atoms with E-state index in [1.807, 2.05) is 29.2 Å². The summed E-state index contributed by atoms with van der Waals surface area (Å²) in [4.78, 5) is 4.19. The van der Waals surface area contributed by atoms with Crippen molar-refractivity contribution in [1.82, 2.24) is 9.80 Å². The maximum absolute atomic E-state index is 13.6. The Morgan fingerprint density at radius 3 is 2.62 bits per heavy atom. The maximum Gasteiger partial charge on any atom is 0.260 e. The highest BCUT2D eigenvalue weighted by Gasteiger charge is 2.40. The van der Waals surface area contributed by atoms with E-state index in [1.165, 1.54) is 32.1 Å². The van der Waals surface area contributed by atoms with Crippen LogP contribution >= 0.6 is 0 Å². The molecule has 6 heteroatoms. The molecule has 0 amide bonds. The van der Waals surface area contributed by atoms with Gasteiger partial charge in [0.05, 0.1) is 6.54 Å². The molecule has 2 heterocycles. The van der Waals surface area contributed by atoms with Crippen LogP contribution in [0.4, 0.5) is 8.78 Å². The molecule has 3 fully saturated rings. The lowest BCUT2D eigenvalue weighted by Gasteiger charge is -2.32. The fourth-order valence-electron chi connectivity index (χ4n) is 5.43. The average molecular weight is 409 g/mol. The van der Waals surface area contributed by atoms with Crippen molar-refractivity contribution in [3.63, 3.8) is 0 Å². The summed E-state index contributed by atoms with van der Waals surface area (Å²) in [6, 6.07) is 7.61. The van der Waals surface area contributed by atoms with E-state index in [-0.39, 0.29) is 19.6 Å². The number of rotatable bonds is 7. The van der Waals surface area contributed by atoms with Crippen LogP contribution in [0.25, 0.3) is 0 Å². The quantitative estimate of drug-likeness (QED) is 0.742. The van der Waals surface area contributed by atoms with Crippen LogP contribution in [-0.2, 0) is 6.54 Å². The minimum absolute atomic E-state index is 0.0112. The van der Waals surface area contributed by atoms with Crippen molar-refractivity contribution >= 4 is 0 Å². The number of piperidine rings is 1. The van der Waals surface area contributed by atoms with Crippen molar-refractivity contribution in [2.45, 2.75) is 63.5 Å². The number of benzene rings is 1. The molecule has 2 saturated heterocycles. The van der Waals surface area contributed by atoms with E-state index < -0.39 is 12.0 Å². The van der Waals surface area contributed by atoms with Gasteiger partial charge >= 0.3 is 0 Å². The molecule has 1 spiro atoms. The Balaban J connectivity index is 1.23. The normalized spacial score (nSPS) is 25.5. The van der Waals surface area contributed by atoms with Crippen LogP contribution in [0.1, 0.15) is 50.5 Å². The Hall–Kier alpha value is -1.24. The van der Waals surface area contributed by atoms with Crippen LogP contribution in [0.3, 0.4) is 0 Å². The predicted octanol–water partition coefficient (Wildman–Crippen LogP) is 3.92. The van der Waals surface area contributed by atoms with E-state index in [0.717, 1.165) is 18.7 Å². The van der Waals surface area contributed by atoms with Crippen molar-refractivity contribution in [3.05, 3.63) is 29.8 Å². The molecule has 0 aromatic heterocycles. The van der Waals surface area contributed by atoms with Gasteiger partial charge in [-0.25, -0.2) is 8.78 Å². The second-order valence-electron chi connectivity index (χ2n) is 9.47. The Morgan fingerprint density at radius 2 is 1.83 bits per heavy atom. The summed E-state index contributed by atoms with van der Waals surface area (Å²) < 4.78 is 33.0. The molecule has 1 aliphatic carbocycles. The molecule has 1 aromatic rings. The van der Waals surface area contributed by atoms with Crippen LogP contribution in [-0.4, -0.2) is 66.3 Å². The van der Waals surface area contributed by atoms with Gasteiger partial charge in [-0.3, -0.25) is 4.90 Å². The Labute approximate surface area is 172 Å². The van der Waals surface area contributed by atoms with Gasteiger partial charge < -0.3 is 14.7 Å². The average Bonchev–Trinajstić information content (AvgIpc) is 3.29. The lowest BCUT2D eigenvalue weighted by atomic mass is 9.86. The molecule has 0 bridgehead atoms. The molecule has 1 N–H and O–H groups in total. The van der Waals surface area contributed by atoms with E-state index in [4.69, 9.17) is 4.74 Å². The molecule has 1 unspecified atom stereocenters. The third kappa shape index (κ3) is 5.68. The number of aliphatic hydroxyl groups excluding tert-OH is 1. The molecule has 4 rings (SSSR count). The summed E-state index contributed by atoms with van der Waals surface area (Å²) in [6.07, 6.45) is 6.65. The first-order valence-electron chi connectivity index (χ1n) is 11.1. The van der Waals surface area contributed by atoms with Crippen LogP contribution in [0, 0.1) is 5.41 Å². The van der Waals surface area contributed by atoms with Gasteiger partial charge in [0.15, 0.2) is 0 Å². The summed E-state index contributed by atoms with van der Waals surface area (Å²) in [6.45, 7) is 4.14. The number of ether oxygens (including phenoxy) is 1. The summed E-state index contributed by atoms with van der Waals surface area (Å²) in [5, 5.41) is 10.4. The van der Waals surface area contributed by atoms with Gasteiger partial charge in [0.1, 0.15) is 18.5 Å². The van der Waals surface area contributed by atoms with Gasteiger partial charge in [0.2, 0.25) is 0 Å². The predicted molar refractivity (Wildman–Crippen MR) is 109 cm³/mol. The van der Waals surface area contributed by atoms with Crippen LogP contribution in [0.5, 0.6) is 5.75 Å². The fourth-order valence-corrected chi connectivity index (χ4v) is 5.43. The van der Waals surface area contributed by atoms with E-state index in [0.29, 0.717) is 37.2 Å². The van der Waals surface area contributed by atoms with E-state index in [2.05, 4.69) is 4.90 Å². The minimum atomic E-state index is -2.58. The lowest BCUT2D eigenvalue weighted by molar-refractivity contribution is -0.0661. The molecular formula is C23H34F2N2O2. The first-order chi connectivity index (χ1) is 13.9. The first-order valence-corrected chi connectivity index (χ1v) is 11.1. The molecular weight excluding hydrogens is 374 g/mol. The number of nitrogens with zero attached hydrogens (tertiary/aromatic N) is 2. The Bertz CT molecular complexity index is 679. The molecule has 1 saturated carbocycles. The van der Waals surface area contributed by atoms with E-state index in [1.54, 1.807) is 0 Å². The summed E-state index contributed by atoms with van der Waals surface area (Å²) >= 11 is 0. The summed E-state index contributed by atoms with van der Waals surface area (Å²) in [5.41, 5.74) is 1.48. The van der Waals surface area contributed by atoms with Gasteiger partial charge in [-0.1, -0.05) is 25.0 Å². The standard InChI is InChI=1S/C23H34F2N2O2/c24-23(25)9-4-11-26(18-23)14-19-5-3-6-21(13-19)29-16-20(28)15-27-12-10-22(17-27)7-1-2-8-22/h3,5-6,13,20,28H,1-2,4,7-12,14-18H2. The lowest BCUT2D eigenvalue weighted by Crippen LogP contribution is -2.42. The highest BCUT2D eigenvalue weighted by atomic mass is 19.3. The smallest absolute Gasteiger partial charge is 0.260 e. The van der Waals surface area contributed by atoms with Crippen molar-refractivity contribution in [2.75, 3.05) is 39.3 Å². The van der Waals surface area contributed by atoms with Gasteiger partial charge in [-0.05, 0) is 61.9 Å². The van der Waals surface area contributed by atoms with Crippen LogP contribution < -0.4 is 4.74 Å². The number of halogens is 2. The second-order valence-corrected chi connectivity index (χ2v) is 9.47. The third-order valence-electron chi connectivity index (χ3n) is 6.87. The number of hydrogen-bond donors (Lipinski definition) is 1. The van der Waals surface area contributed by atoms with Crippen LogP contribution in [0.15, 0.2) is 24.3 Å². The van der Waals surface area contributed by atoms with E-state index >= 15 is 0 Å². The highest BCUT2D eigenvalue weighted by molar-refractivity contribution is 5.28. The number of likely N-dealkylation sites (tertiary alicyclic amines) is 2. The Kier molecular flexibility index (Phi) is 6.42. The minimum Gasteiger partial charge on any atom is -0.491 e. The summed E-state index contributed by atoms with van der Waals surface area (Å²) in [7, 11) is 0. The van der Waals surface area contributed by atoms with Crippen LogP contribution in [0.2, 0.25) is 0 Å². The van der Waals surface area contributed by atoms with Gasteiger partial charge in [-0.15, -0.1) is 0 Å². The zero-order valence-corrected chi connectivity index (χ0v) is 17.3. The monoisotopic (exact) mass is 408 g/mol. The molecule has 29 heavy (non-hydrogen) atoms. The van der Waals surface area contributed by atoms with Crippen molar-refractivity contribution in [3.8, 4) is 5.75 Å². The third-order valence-corrected chi connectivity index (χ3v) is 6.87. The fraction of sp³-hybridized carbons (Fsp3) is 0.739. The SMILES string of the molecule is OC(COc1cccc(CN2CCCC(F)(F)C2)c1)CN1CCC2(CCCC2)C1. The molecule has 1 atom stereocenters. The van der Waals surface area contributed by atoms with Gasteiger partial charge in [-0.2, -0.15) is 0 Å². The first kappa shape index (κ1) is 21.0. The van der Waals surface area contributed by atoms with Gasteiger partial charge in [0.25, 0.3) is 5.92 Å².